The quantitative estimate of drug-likeness (QED) is 0.769. The minimum atomic E-state index is -0.869. The highest BCUT2D eigenvalue weighted by atomic mass is 16.4. The predicted molar refractivity (Wildman–Crippen MR) is 77.7 cm³/mol. The number of amides is 2. The van der Waals surface area contributed by atoms with Crippen molar-refractivity contribution in [2.24, 2.45) is 5.92 Å². The number of aliphatic carboxylic acids is 1. The highest BCUT2D eigenvalue weighted by Gasteiger charge is 2.24. The number of carboxylic acid groups (broad SMARTS) is 1. The maximum atomic E-state index is 12.2. The van der Waals surface area contributed by atoms with Gasteiger partial charge in [0, 0.05) is 25.7 Å². The van der Waals surface area contributed by atoms with Gasteiger partial charge in [0.1, 0.15) is 0 Å². The number of likely N-dealkylation sites (tertiary alicyclic amines) is 1. The van der Waals surface area contributed by atoms with E-state index in [1.807, 2.05) is 6.92 Å². The minimum absolute atomic E-state index is 0.149. The average molecular weight is 285 g/mol. The normalized spacial score (nSPS) is 21.2. The molecule has 1 aliphatic heterocycles. The lowest BCUT2D eigenvalue weighted by Gasteiger charge is -2.34. The molecule has 0 bridgehead atoms. The first-order valence-corrected chi connectivity index (χ1v) is 7.48. The average Bonchev–Trinajstić information content (AvgIpc) is 2.44. The monoisotopic (exact) mass is 285 g/mol. The maximum Gasteiger partial charge on any atom is 0.317 e. The first-order valence-electron chi connectivity index (χ1n) is 7.48. The van der Waals surface area contributed by atoms with Crippen molar-refractivity contribution in [3.05, 3.63) is 0 Å². The Morgan fingerprint density at radius 1 is 1.45 bits per heavy atom. The molecule has 1 aliphatic rings. The molecule has 6 heteroatoms. The smallest absolute Gasteiger partial charge is 0.317 e. The second-order valence-electron chi connectivity index (χ2n) is 5.46. The van der Waals surface area contributed by atoms with Crippen molar-refractivity contribution in [1.82, 2.24) is 15.1 Å². The molecule has 0 aliphatic carbocycles. The van der Waals surface area contributed by atoms with Gasteiger partial charge in [0.25, 0.3) is 0 Å². The van der Waals surface area contributed by atoms with Gasteiger partial charge in [0.05, 0.1) is 5.92 Å². The largest absolute Gasteiger partial charge is 0.481 e. The van der Waals surface area contributed by atoms with Gasteiger partial charge >= 0.3 is 12.0 Å². The maximum absolute atomic E-state index is 12.2. The van der Waals surface area contributed by atoms with Crippen LogP contribution >= 0.6 is 0 Å². The third kappa shape index (κ3) is 5.00. The zero-order valence-corrected chi connectivity index (χ0v) is 12.8. The molecule has 116 valence electrons. The Labute approximate surface area is 121 Å². The molecule has 1 rings (SSSR count). The van der Waals surface area contributed by atoms with Gasteiger partial charge < -0.3 is 20.2 Å². The summed E-state index contributed by atoms with van der Waals surface area (Å²) >= 11 is 0. The lowest BCUT2D eigenvalue weighted by Crippen LogP contribution is -2.52. The van der Waals surface area contributed by atoms with E-state index in [0.29, 0.717) is 6.54 Å². The summed E-state index contributed by atoms with van der Waals surface area (Å²) in [5.41, 5.74) is 0. The van der Waals surface area contributed by atoms with E-state index in [0.717, 1.165) is 32.5 Å². The standard InChI is InChI=1S/C14H27N3O3/c1-4-16-8-6-7-12(10-16)15-14(20)17(5-2)9-11(3)13(18)19/h11-12H,4-10H2,1-3H3,(H,15,20)(H,18,19). The third-order valence-corrected chi connectivity index (χ3v) is 3.87. The molecule has 20 heavy (non-hydrogen) atoms. The van der Waals surface area contributed by atoms with Crippen LogP contribution in [0.25, 0.3) is 0 Å². The number of hydrogen-bond donors (Lipinski definition) is 2. The minimum Gasteiger partial charge on any atom is -0.481 e. The van der Waals surface area contributed by atoms with Gasteiger partial charge in [-0.3, -0.25) is 4.79 Å². The Balaban J connectivity index is 2.48. The molecule has 0 spiro atoms. The van der Waals surface area contributed by atoms with Gasteiger partial charge in [0.2, 0.25) is 0 Å². The van der Waals surface area contributed by atoms with Crippen LogP contribution < -0.4 is 5.32 Å². The van der Waals surface area contributed by atoms with Crippen molar-refractivity contribution in [2.75, 3.05) is 32.7 Å². The molecule has 2 unspecified atom stereocenters. The van der Waals surface area contributed by atoms with E-state index >= 15 is 0 Å². The summed E-state index contributed by atoms with van der Waals surface area (Å²) < 4.78 is 0. The highest BCUT2D eigenvalue weighted by molar-refractivity contribution is 5.76. The van der Waals surface area contributed by atoms with Gasteiger partial charge in [-0.25, -0.2) is 4.79 Å². The van der Waals surface area contributed by atoms with Crippen LogP contribution in [0.4, 0.5) is 4.79 Å². The Morgan fingerprint density at radius 2 is 2.15 bits per heavy atom. The van der Waals surface area contributed by atoms with Crippen molar-refractivity contribution in [2.45, 2.75) is 39.7 Å². The number of carbonyl (C=O) groups is 2. The molecule has 1 saturated heterocycles. The second-order valence-corrected chi connectivity index (χ2v) is 5.46. The molecule has 1 fully saturated rings. The zero-order valence-electron chi connectivity index (χ0n) is 12.8. The molecule has 2 amide bonds. The molecule has 1 heterocycles. The lowest BCUT2D eigenvalue weighted by atomic mass is 10.1. The number of urea groups is 1. The summed E-state index contributed by atoms with van der Waals surface area (Å²) in [4.78, 5) is 27.0. The number of likely N-dealkylation sites (N-methyl/N-ethyl adjacent to an activating group) is 1. The first-order chi connectivity index (χ1) is 9.47. The topological polar surface area (TPSA) is 72.9 Å². The predicted octanol–water partition coefficient (Wildman–Crippen LogP) is 1.22. The van der Waals surface area contributed by atoms with Crippen LogP contribution in [0, 0.1) is 5.92 Å². The van der Waals surface area contributed by atoms with Gasteiger partial charge in [-0.05, 0) is 32.9 Å². The summed E-state index contributed by atoms with van der Waals surface area (Å²) in [7, 11) is 0. The summed E-state index contributed by atoms with van der Waals surface area (Å²) in [5.74, 6) is -1.41. The van der Waals surface area contributed by atoms with Crippen LogP contribution in [-0.4, -0.2) is 65.7 Å². The number of carboxylic acids is 1. The number of nitrogens with zero attached hydrogens (tertiary/aromatic N) is 2. The molecule has 0 aromatic carbocycles. The number of rotatable bonds is 6. The van der Waals surface area contributed by atoms with Crippen LogP contribution in [-0.2, 0) is 4.79 Å². The summed E-state index contributed by atoms with van der Waals surface area (Å²) in [6.07, 6.45) is 2.09. The molecule has 6 nitrogen and oxygen atoms in total. The Kier molecular flexibility index (Phi) is 6.78. The lowest BCUT2D eigenvalue weighted by molar-refractivity contribution is -0.141. The van der Waals surface area contributed by atoms with E-state index in [9.17, 15) is 9.59 Å². The van der Waals surface area contributed by atoms with E-state index < -0.39 is 11.9 Å². The van der Waals surface area contributed by atoms with Crippen molar-refractivity contribution < 1.29 is 14.7 Å². The van der Waals surface area contributed by atoms with Gasteiger partial charge in [-0.1, -0.05) is 13.8 Å². The van der Waals surface area contributed by atoms with Crippen molar-refractivity contribution in [3.63, 3.8) is 0 Å². The first kappa shape index (κ1) is 16.8. The molecule has 0 aromatic rings. The number of nitrogens with one attached hydrogen (secondary N) is 1. The molecular formula is C14H27N3O3. The Morgan fingerprint density at radius 3 is 2.70 bits per heavy atom. The van der Waals surface area contributed by atoms with E-state index in [1.165, 1.54) is 0 Å². The number of carbonyl (C=O) groups excluding carboxylic acids is 1. The van der Waals surface area contributed by atoms with Crippen molar-refractivity contribution >= 4 is 12.0 Å². The molecule has 2 N–H and O–H groups in total. The molecule has 0 aromatic heterocycles. The third-order valence-electron chi connectivity index (χ3n) is 3.87. The van der Waals surface area contributed by atoms with Gasteiger partial charge in [-0.2, -0.15) is 0 Å². The summed E-state index contributed by atoms with van der Waals surface area (Å²) in [6, 6.07) is 0.0222. The SMILES string of the molecule is CCN1CCCC(NC(=O)N(CC)CC(C)C(=O)O)C1. The van der Waals surface area contributed by atoms with E-state index in [2.05, 4.69) is 17.1 Å². The van der Waals surface area contributed by atoms with Crippen LogP contribution in [0.2, 0.25) is 0 Å². The van der Waals surface area contributed by atoms with E-state index in [4.69, 9.17) is 5.11 Å². The van der Waals surface area contributed by atoms with Crippen LogP contribution in [0.1, 0.15) is 33.6 Å². The van der Waals surface area contributed by atoms with Gasteiger partial charge in [0.15, 0.2) is 0 Å². The number of hydrogen-bond acceptors (Lipinski definition) is 3. The zero-order chi connectivity index (χ0) is 15.1. The van der Waals surface area contributed by atoms with E-state index in [1.54, 1.807) is 11.8 Å². The summed E-state index contributed by atoms with van der Waals surface area (Å²) in [6.45, 7) is 9.36. The second kappa shape index (κ2) is 8.09. The fourth-order valence-corrected chi connectivity index (χ4v) is 2.49. The Hall–Kier alpha value is -1.30. The van der Waals surface area contributed by atoms with E-state index in [-0.39, 0.29) is 18.6 Å². The summed E-state index contributed by atoms with van der Waals surface area (Å²) in [5, 5.41) is 12.0. The molecule has 0 saturated carbocycles. The van der Waals surface area contributed by atoms with Crippen LogP contribution in [0.15, 0.2) is 0 Å². The molecule has 0 radical (unpaired) electrons. The van der Waals surface area contributed by atoms with Gasteiger partial charge in [-0.15, -0.1) is 0 Å². The van der Waals surface area contributed by atoms with Crippen molar-refractivity contribution in [3.8, 4) is 0 Å². The highest BCUT2D eigenvalue weighted by Crippen LogP contribution is 2.10. The van der Waals surface area contributed by atoms with Crippen LogP contribution in [0.5, 0.6) is 0 Å². The fourth-order valence-electron chi connectivity index (χ4n) is 2.49. The Bertz CT molecular complexity index is 336. The fraction of sp³-hybridized carbons (Fsp3) is 0.857. The molecular weight excluding hydrogens is 258 g/mol. The van der Waals surface area contributed by atoms with Crippen LogP contribution in [0.3, 0.4) is 0 Å². The number of piperidine rings is 1. The van der Waals surface area contributed by atoms with Crippen molar-refractivity contribution in [1.29, 1.82) is 0 Å². The molecule has 2 atom stereocenters.